The van der Waals surface area contributed by atoms with Crippen molar-refractivity contribution in [1.82, 2.24) is 0 Å². The van der Waals surface area contributed by atoms with Crippen molar-refractivity contribution in [3.8, 4) is 0 Å². The van der Waals surface area contributed by atoms with Gasteiger partial charge in [-0.05, 0) is 39.5 Å². The van der Waals surface area contributed by atoms with Crippen molar-refractivity contribution >= 4 is 61.7 Å². The van der Waals surface area contributed by atoms with Gasteiger partial charge in [-0.25, -0.2) is 0 Å². The van der Waals surface area contributed by atoms with Crippen LogP contribution in [0.2, 0.25) is 0 Å². The summed E-state index contributed by atoms with van der Waals surface area (Å²) in [7, 11) is -8.37. The third-order valence-corrected chi connectivity index (χ3v) is 9.97. The van der Waals surface area contributed by atoms with E-state index in [4.69, 9.17) is 0 Å². The fraction of sp³-hybridized carbons (Fsp3) is 0.900. The van der Waals surface area contributed by atoms with E-state index in [1.54, 1.807) is 13.8 Å². The first kappa shape index (κ1) is 33.0. The Hall–Kier alpha value is -0.160. The topological polar surface area (TPSA) is 121 Å². The standard InChI is InChI=1S/C20H38O8S2.Na.H/c1-7-11-15-19(5,9-3)29(23,24)27-17(21)13-14-18(22)28-30(25,26)20(6,10-4)16-12-8-2;;/h7-16H2,1-6H3;;. The molecule has 0 amide bonds. The summed E-state index contributed by atoms with van der Waals surface area (Å²) in [4.78, 5) is 24.0. The number of carbonyl (C=O) groups excluding carboxylic acids is 2. The Balaban J connectivity index is 0. The average molecular weight is 495 g/mol. The predicted octanol–water partition coefficient (Wildman–Crippen LogP) is 3.58. The molecule has 0 aromatic carbocycles. The maximum absolute atomic E-state index is 12.5. The van der Waals surface area contributed by atoms with Gasteiger partial charge < -0.3 is 8.37 Å². The van der Waals surface area contributed by atoms with Crippen LogP contribution in [0.3, 0.4) is 0 Å². The van der Waals surface area contributed by atoms with E-state index in [1.165, 1.54) is 13.8 Å². The van der Waals surface area contributed by atoms with Crippen LogP contribution in [0, 0.1) is 0 Å². The van der Waals surface area contributed by atoms with Gasteiger partial charge in [-0.2, -0.15) is 16.8 Å². The minimum absolute atomic E-state index is 0. The van der Waals surface area contributed by atoms with Crippen molar-refractivity contribution in [3.05, 3.63) is 0 Å². The Kier molecular flexibility index (Phi) is 15.1. The molecular formula is C20H39NaO8S2. The Morgan fingerprint density at radius 2 is 0.968 bits per heavy atom. The van der Waals surface area contributed by atoms with Crippen molar-refractivity contribution in [1.29, 1.82) is 0 Å². The van der Waals surface area contributed by atoms with Crippen molar-refractivity contribution in [2.45, 2.75) is 115 Å². The van der Waals surface area contributed by atoms with Crippen LogP contribution in [0.4, 0.5) is 0 Å². The van der Waals surface area contributed by atoms with Crippen LogP contribution < -0.4 is 0 Å². The molecule has 0 aromatic rings. The fourth-order valence-corrected chi connectivity index (χ4v) is 5.35. The monoisotopic (exact) mass is 494 g/mol. The van der Waals surface area contributed by atoms with Crippen LogP contribution in [0.5, 0.6) is 0 Å². The molecule has 31 heavy (non-hydrogen) atoms. The summed E-state index contributed by atoms with van der Waals surface area (Å²) >= 11 is 0. The van der Waals surface area contributed by atoms with Gasteiger partial charge in [-0.1, -0.05) is 53.4 Å². The molecule has 0 rings (SSSR count). The number of hydrogen-bond acceptors (Lipinski definition) is 8. The van der Waals surface area contributed by atoms with Gasteiger partial charge in [0.1, 0.15) is 9.49 Å². The quantitative estimate of drug-likeness (QED) is 0.250. The summed E-state index contributed by atoms with van der Waals surface area (Å²) < 4.78 is 56.9. The number of hydrogen-bond donors (Lipinski definition) is 0. The first-order valence-corrected chi connectivity index (χ1v) is 13.5. The van der Waals surface area contributed by atoms with Crippen molar-refractivity contribution in [2.24, 2.45) is 0 Å². The Morgan fingerprint density at radius 1 is 0.677 bits per heavy atom. The van der Waals surface area contributed by atoms with Gasteiger partial charge >= 0.3 is 61.7 Å². The van der Waals surface area contributed by atoms with Gasteiger partial charge in [0.05, 0.1) is 12.8 Å². The number of unbranched alkanes of at least 4 members (excludes halogenated alkanes) is 2. The van der Waals surface area contributed by atoms with E-state index >= 15 is 0 Å². The van der Waals surface area contributed by atoms with E-state index in [2.05, 4.69) is 8.37 Å². The Labute approximate surface area is 210 Å². The fourth-order valence-electron chi connectivity index (χ4n) is 2.79. The van der Waals surface area contributed by atoms with Crippen molar-refractivity contribution in [2.75, 3.05) is 0 Å². The van der Waals surface area contributed by atoms with Crippen LogP contribution in [-0.2, 0) is 38.2 Å². The average Bonchev–Trinajstić information content (AvgIpc) is 2.67. The van der Waals surface area contributed by atoms with Crippen LogP contribution in [0.25, 0.3) is 0 Å². The molecule has 0 aliphatic rings. The van der Waals surface area contributed by atoms with E-state index in [-0.39, 0.29) is 42.4 Å². The predicted molar refractivity (Wildman–Crippen MR) is 123 cm³/mol. The molecule has 0 saturated heterocycles. The van der Waals surface area contributed by atoms with Crippen LogP contribution in [0.15, 0.2) is 0 Å². The van der Waals surface area contributed by atoms with Crippen LogP contribution in [-0.4, -0.2) is 67.8 Å². The molecule has 0 aromatic heterocycles. The van der Waals surface area contributed by atoms with Gasteiger partial charge in [0.2, 0.25) is 0 Å². The molecule has 0 aliphatic heterocycles. The van der Waals surface area contributed by atoms with Gasteiger partial charge in [0.15, 0.2) is 0 Å². The van der Waals surface area contributed by atoms with Gasteiger partial charge in [0.25, 0.3) is 0 Å². The van der Waals surface area contributed by atoms with Gasteiger partial charge in [-0.3, -0.25) is 9.59 Å². The third kappa shape index (κ3) is 9.70. The molecule has 2 atom stereocenters. The first-order chi connectivity index (χ1) is 13.7. The minimum atomic E-state index is -4.18. The normalized spacial score (nSPS) is 15.8. The molecule has 0 bridgehead atoms. The number of rotatable bonds is 15. The van der Waals surface area contributed by atoms with E-state index in [1.807, 2.05) is 13.8 Å². The molecule has 0 N–H and O–H groups in total. The Morgan fingerprint density at radius 3 is 1.19 bits per heavy atom. The maximum atomic E-state index is 12.5. The second kappa shape index (κ2) is 14.2. The van der Waals surface area contributed by atoms with Gasteiger partial charge in [0, 0.05) is 0 Å². The molecule has 2 unspecified atom stereocenters. The van der Waals surface area contributed by atoms with E-state index < -0.39 is 54.5 Å². The molecule has 11 heteroatoms. The summed E-state index contributed by atoms with van der Waals surface area (Å²) in [6.07, 6.45) is 3.01. The van der Waals surface area contributed by atoms with E-state index in [0.29, 0.717) is 25.7 Å². The van der Waals surface area contributed by atoms with Crippen molar-refractivity contribution < 1.29 is 34.8 Å². The molecule has 0 fully saturated rings. The first-order valence-electron chi connectivity index (χ1n) is 10.7. The summed E-state index contributed by atoms with van der Waals surface area (Å²) in [6.45, 7) is 10.3. The van der Waals surface area contributed by atoms with E-state index in [9.17, 15) is 26.4 Å². The SMILES string of the molecule is CCCCC(C)(CC)S(=O)(=O)OC(=O)CCC(=O)OS(=O)(=O)C(C)(CC)CCCC.[NaH]. The van der Waals surface area contributed by atoms with Crippen LogP contribution in [0.1, 0.15) is 106 Å². The molecule has 8 nitrogen and oxygen atoms in total. The summed E-state index contributed by atoms with van der Waals surface area (Å²) in [6, 6.07) is 0. The number of carbonyl (C=O) groups is 2. The molecule has 0 saturated carbocycles. The molecule has 180 valence electrons. The molecular weight excluding hydrogens is 455 g/mol. The van der Waals surface area contributed by atoms with Gasteiger partial charge in [-0.15, -0.1) is 0 Å². The zero-order valence-corrected chi connectivity index (χ0v) is 20.8. The molecule has 0 radical (unpaired) electrons. The van der Waals surface area contributed by atoms with Crippen molar-refractivity contribution in [3.63, 3.8) is 0 Å². The van der Waals surface area contributed by atoms with E-state index in [0.717, 1.165) is 12.8 Å². The molecule has 0 aliphatic carbocycles. The third-order valence-electron chi connectivity index (χ3n) is 5.76. The molecule has 0 heterocycles. The Bertz CT molecular complexity index is 713. The summed E-state index contributed by atoms with van der Waals surface area (Å²) in [5, 5.41) is 0. The van der Waals surface area contributed by atoms with Crippen LogP contribution >= 0.6 is 0 Å². The summed E-state index contributed by atoms with van der Waals surface area (Å²) in [5.74, 6) is -2.21. The summed E-state index contributed by atoms with van der Waals surface area (Å²) in [5.41, 5.74) is 0. The molecule has 0 spiro atoms. The zero-order chi connectivity index (χ0) is 23.6. The zero-order valence-electron chi connectivity index (χ0n) is 19.2. The second-order valence-electron chi connectivity index (χ2n) is 8.13. The second-order valence-corrected chi connectivity index (χ2v) is 12.3.